The molecule has 170 valence electrons. The number of ether oxygens (including phenoxy) is 2. The second-order valence-electron chi connectivity index (χ2n) is 7.40. The third-order valence-electron chi connectivity index (χ3n) is 5.41. The maximum absolute atomic E-state index is 13.7. The number of morpholine rings is 1. The molecule has 2 fully saturated rings. The van der Waals surface area contributed by atoms with E-state index in [4.69, 9.17) is 9.47 Å². The van der Waals surface area contributed by atoms with Crippen molar-refractivity contribution in [2.24, 2.45) is 10.9 Å². The molecule has 10 heteroatoms. The molecule has 1 aromatic carbocycles. The topological polar surface area (TPSA) is 49.3 Å². The highest BCUT2D eigenvalue weighted by molar-refractivity contribution is 14.0. The summed E-state index contributed by atoms with van der Waals surface area (Å²) in [6, 6.07) is 4.56. The van der Waals surface area contributed by atoms with E-state index in [1.54, 1.807) is 26.3 Å². The van der Waals surface area contributed by atoms with Gasteiger partial charge in [-0.15, -0.1) is 24.0 Å². The normalized spacial score (nSPS) is 20.3. The average molecular weight is 542 g/mol. The molecule has 2 heterocycles. The minimum atomic E-state index is -4.42. The van der Waals surface area contributed by atoms with Crippen molar-refractivity contribution in [2.45, 2.75) is 19.1 Å². The van der Waals surface area contributed by atoms with Crippen LogP contribution < -0.4 is 10.2 Å². The first-order chi connectivity index (χ1) is 13.9. The van der Waals surface area contributed by atoms with E-state index in [9.17, 15) is 13.2 Å². The van der Waals surface area contributed by atoms with Crippen LogP contribution in [-0.4, -0.2) is 71.0 Å². The fourth-order valence-electron chi connectivity index (χ4n) is 3.90. The van der Waals surface area contributed by atoms with Gasteiger partial charge in [0.05, 0.1) is 25.4 Å². The van der Waals surface area contributed by atoms with Crippen molar-refractivity contribution in [3.8, 4) is 0 Å². The first kappa shape index (κ1) is 25.0. The summed E-state index contributed by atoms with van der Waals surface area (Å²) in [5, 5.41) is 3.10. The van der Waals surface area contributed by atoms with Gasteiger partial charge in [-0.2, -0.15) is 13.2 Å². The molecule has 0 saturated carbocycles. The number of anilines is 1. The Morgan fingerprint density at radius 2 is 2.00 bits per heavy atom. The lowest BCUT2D eigenvalue weighted by Gasteiger charge is -2.30. The molecule has 0 radical (unpaired) electrons. The molecule has 3 rings (SSSR count). The molecule has 0 amide bonds. The van der Waals surface area contributed by atoms with Crippen LogP contribution in [0.15, 0.2) is 23.2 Å². The van der Waals surface area contributed by atoms with Crippen molar-refractivity contribution < 1.29 is 22.6 Å². The van der Waals surface area contributed by atoms with Gasteiger partial charge in [0.1, 0.15) is 0 Å². The Bertz CT molecular complexity index is 712. The van der Waals surface area contributed by atoms with Crippen LogP contribution in [0.1, 0.15) is 17.5 Å². The molecule has 30 heavy (non-hydrogen) atoms. The number of likely N-dealkylation sites (tertiary alicyclic amines) is 1. The minimum Gasteiger partial charge on any atom is -0.384 e. The van der Waals surface area contributed by atoms with Crippen LogP contribution in [0.3, 0.4) is 0 Å². The SMILES string of the molecule is CN=C(NCc1ccc(N2CCOCC2)cc1C(F)(F)F)N1CCC(COC)C1.I. The van der Waals surface area contributed by atoms with Gasteiger partial charge in [-0.3, -0.25) is 4.99 Å². The summed E-state index contributed by atoms with van der Waals surface area (Å²) in [6.07, 6.45) is -3.43. The van der Waals surface area contributed by atoms with E-state index in [0.717, 1.165) is 19.5 Å². The molecule has 1 aromatic rings. The van der Waals surface area contributed by atoms with E-state index in [1.807, 2.05) is 4.90 Å². The van der Waals surface area contributed by atoms with Gasteiger partial charge in [0.15, 0.2) is 5.96 Å². The van der Waals surface area contributed by atoms with Gasteiger partial charge in [0.25, 0.3) is 0 Å². The standard InChI is InChI=1S/C20H29F3N4O2.HI/c1-24-19(27-6-5-15(13-27)14-28-2)25-12-16-3-4-17(11-18(16)20(21,22)23)26-7-9-29-10-8-26;/h3-4,11,15H,5-10,12-14H2,1-2H3,(H,24,25);1H. The van der Waals surface area contributed by atoms with Crippen LogP contribution in [0.5, 0.6) is 0 Å². The van der Waals surface area contributed by atoms with E-state index in [0.29, 0.717) is 50.5 Å². The summed E-state index contributed by atoms with van der Waals surface area (Å²) in [4.78, 5) is 8.24. The van der Waals surface area contributed by atoms with Crippen LogP contribution >= 0.6 is 24.0 Å². The molecular formula is C20H30F3IN4O2. The maximum atomic E-state index is 13.7. The lowest BCUT2D eigenvalue weighted by molar-refractivity contribution is -0.138. The van der Waals surface area contributed by atoms with Gasteiger partial charge >= 0.3 is 6.18 Å². The molecule has 0 spiro atoms. The first-order valence-corrected chi connectivity index (χ1v) is 9.89. The Balaban J connectivity index is 0.00000320. The fraction of sp³-hybridized carbons (Fsp3) is 0.650. The summed E-state index contributed by atoms with van der Waals surface area (Å²) in [5.41, 5.74) is 0.183. The van der Waals surface area contributed by atoms with Gasteiger partial charge < -0.3 is 24.6 Å². The Hall–Kier alpha value is -1.27. The Kier molecular flexibility index (Phi) is 9.48. The maximum Gasteiger partial charge on any atom is 0.416 e. The number of halogens is 4. The summed E-state index contributed by atoms with van der Waals surface area (Å²) in [7, 11) is 3.33. The number of guanidine groups is 1. The van der Waals surface area contributed by atoms with E-state index >= 15 is 0 Å². The third-order valence-corrected chi connectivity index (χ3v) is 5.41. The second kappa shape index (κ2) is 11.4. The average Bonchev–Trinajstić information content (AvgIpc) is 3.17. The number of alkyl halides is 3. The largest absolute Gasteiger partial charge is 0.416 e. The zero-order valence-corrected chi connectivity index (χ0v) is 19.7. The highest BCUT2D eigenvalue weighted by Gasteiger charge is 2.34. The molecule has 1 N–H and O–H groups in total. The molecule has 0 aromatic heterocycles. The lowest BCUT2D eigenvalue weighted by Crippen LogP contribution is -2.40. The van der Waals surface area contributed by atoms with Crippen molar-refractivity contribution in [3.63, 3.8) is 0 Å². The number of nitrogens with zero attached hydrogens (tertiary/aromatic N) is 3. The number of aliphatic imine (C=N–C) groups is 1. The van der Waals surface area contributed by atoms with E-state index in [2.05, 4.69) is 15.2 Å². The van der Waals surface area contributed by atoms with Gasteiger partial charge in [0.2, 0.25) is 0 Å². The Morgan fingerprint density at radius 3 is 2.63 bits per heavy atom. The van der Waals surface area contributed by atoms with Crippen molar-refractivity contribution in [3.05, 3.63) is 29.3 Å². The predicted octanol–water partition coefficient (Wildman–Crippen LogP) is 3.20. The van der Waals surface area contributed by atoms with Crippen molar-refractivity contribution in [1.29, 1.82) is 0 Å². The van der Waals surface area contributed by atoms with Gasteiger partial charge in [-0.1, -0.05) is 6.07 Å². The predicted molar refractivity (Wildman–Crippen MR) is 122 cm³/mol. The fourth-order valence-corrected chi connectivity index (χ4v) is 3.90. The Labute approximate surface area is 192 Å². The number of hydrogen-bond acceptors (Lipinski definition) is 4. The van der Waals surface area contributed by atoms with Crippen molar-refractivity contribution in [1.82, 2.24) is 10.2 Å². The molecule has 0 aliphatic carbocycles. The van der Waals surface area contributed by atoms with E-state index in [1.165, 1.54) is 6.07 Å². The van der Waals surface area contributed by atoms with Crippen LogP contribution in [0.25, 0.3) is 0 Å². The Morgan fingerprint density at radius 1 is 1.27 bits per heavy atom. The number of hydrogen-bond donors (Lipinski definition) is 1. The first-order valence-electron chi connectivity index (χ1n) is 9.89. The summed E-state index contributed by atoms with van der Waals surface area (Å²) in [5.74, 6) is 1.03. The van der Waals surface area contributed by atoms with Gasteiger partial charge in [0, 0.05) is 58.5 Å². The summed E-state index contributed by atoms with van der Waals surface area (Å²) in [6.45, 7) is 4.59. The zero-order chi connectivity index (χ0) is 20.9. The smallest absolute Gasteiger partial charge is 0.384 e. The molecule has 2 aliphatic rings. The molecule has 2 aliphatic heterocycles. The van der Waals surface area contributed by atoms with Crippen molar-refractivity contribution >= 4 is 35.6 Å². The lowest BCUT2D eigenvalue weighted by atomic mass is 10.0. The molecule has 2 saturated heterocycles. The van der Waals surface area contributed by atoms with Crippen LogP contribution in [0, 0.1) is 5.92 Å². The summed E-state index contributed by atoms with van der Waals surface area (Å²) >= 11 is 0. The van der Waals surface area contributed by atoms with Gasteiger partial charge in [-0.05, 0) is 24.1 Å². The van der Waals surface area contributed by atoms with Crippen molar-refractivity contribution in [2.75, 3.05) is 65.1 Å². The summed E-state index contributed by atoms with van der Waals surface area (Å²) < 4.78 is 51.6. The van der Waals surface area contributed by atoms with Gasteiger partial charge in [-0.25, -0.2) is 0 Å². The number of methoxy groups -OCH3 is 1. The highest BCUT2D eigenvalue weighted by atomic mass is 127. The number of benzene rings is 1. The van der Waals surface area contributed by atoms with Crippen LogP contribution in [-0.2, 0) is 22.2 Å². The van der Waals surface area contributed by atoms with Crippen LogP contribution in [0.4, 0.5) is 18.9 Å². The number of nitrogens with one attached hydrogen (secondary N) is 1. The molecule has 0 bridgehead atoms. The highest BCUT2D eigenvalue weighted by Crippen LogP contribution is 2.35. The number of rotatable bonds is 5. The van der Waals surface area contributed by atoms with E-state index < -0.39 is 11.7 Å². The molecule has 1 unspecified atom stereocenters. The monoisotopic (exact) mass is 542 g/mol. The quantitative estimate of drug-likeness (QED) is 0.352. The van der Waals surface area contributed by atoms with Crippen LogP contribution in [0.2, 0.25) is 0 Å². The molecular weight excluding hydrogens is 512 g/mol. The molecule has 6 nitrogen and oxygen atoms in total. The molecule has 1 atom stereocenters. The minimum absolute atomic E-state index is 0. The zero-order valence-electron chi connectivity index (χ0n) is 17.4. The third kappa shape index (κ3) is 6.36. The second-order valence-corrected chi connectivity index (χ2v) is 7.40. The van der Waals surface area contributed by atoms with E-state index in [-0.39, 0.29) is 36.1 Å².